The number of rotatable bonds is 5. The standard InChI is InChI=1S/C13H17ClN2O5/c14-5-11(17)6-15-9-1-3-10(4-2-9)16-12(18)7-21-8-13(16,19)20/h1-4,11,15,17,19-20H,5-8H2. The van der Waals surface area contributed by atoms with Gasteiger partial charge in [0.1, 0.15) is 13.2 Å². The zero-order valence-corrected chi connectivity index (χ0v) is 12.0. The van der Waals surface area contributed by atoms with Gasteiger partial charge in [-0.3, -0.25) is 9.69 Å². The summed E-state index contributed by atoms with van der Waals surface area (Å²) in [5.41, 5.74) is 1.06. The van der Waals surface area contributed by atoms with E-state index < -0.39 is 17.9 Å². The van der Waals surface area contributed by atoms with Crippen molar-refractivity contribution in [1.29, 1.82) is 0 Å². The number of carbonyl (C=O) groups is 1. The van der Waals surface area contributed by atoms with Crippen molar-refractivity contribution >= 4 is 28.9 Å². The van der Waals surface area contributed by atoms with Crippen LogP contribution in [0.2, 0.25) is 0 Å². The molecule has 0 bridgehead atoms. The first kappa shape index (κ1) is 16.0. The summed E-state index contributed by atoms with van der Waals surface area (Å²) in [6.45, 7) is -0.283. The first-order valence-electron chi connectivity index (χ1n) is 6.37. The van der Waals surface area contributed by atoms with E-state index in [0.717, 1.165) is 4.90 Å². The molecule has 2 rings (SSSR count). The summed E-state index contributed by atoms with van der Waals surface area (Å²) in [6.07, 6.45) is -0.658. The Balaban J connectivity index is 2.09. The van der Waals surface area contributed by atoms with E-state index in [2.05, 4.69) is 5.32 Å². The van der Waals surface area contributed by atoms with E-state index >= 15 is 0 Å². The zero-order chi connectivity index (χ0) is 15.5. The molecular formula is C13H17ClN2O5. The molecule has 4 N–H and O–H groups in total. The van der Waals surface area contributed by atoms with E-state index in [4.69, 9.17) is 16.3 Å². The highest BCUT2D eigenvalue weighted by molar-refractivity contribution is 6.18. The van der Waals surface area contributed by atoms with E-state index in [1.165, 1.54) is 0 Å². The second-order valence-corrected chi connectivity index (χ2v) is 5.04. The number of hydrogen-bond acceptors (Lipinski definition) is 6. The highest BCUT2D eigenvalue weighted by Crippen LogP contribution is 2.26. The minimum absolute atomic E-state index is 0.130. The average Bonchev–Trinajstić information content (AvgIpc) is 2.45. The Morgan fingerprint density at radius 1 is 1.38 bits per heavy atom. The molecule has 1 unspecified atom stereocenters. The Hall–Kier alpha value is -1.38. The number of aliphatic hydroxyl groups is 3. The van der Waals surface area contributed by atoms with Gasteiger partial charge in [-0.1, -0.05) is 0 Å². The van der Waals surface area contributed by atoms with Crippen LogP contribution in [0.15, 0.2) is 24.3 Å². The molecule has 0 radical (unpaired) electrons. The second-order valence-electron chi connectivity index (χ2n) is 4.73. The Morgan fingerprint density at radius 2 is 2.05 bits per heavy atom. The molecule has 1 aliphatic heterocycles. The largest absolute Gasteiger partial charge is 0.390 e. The smallest absolute Gasteiger partial charge is 0.278 e. The third kappa shape index (κ3) is 3.84. The minimum atomic E-state index is -2.36. The molecule has 1 aromatic rings. The summed E-state index contributed by atoms with van der Waals surface area (Å²) in [5.74, 6) is -2.77. The molecular weight excluding hydrogens is 300 g/mol. The fraction of sp³-hybridized carbons (Fsp3) is 0.462. The molecule has 116 valence electrons. The number of morpholine rings is 1. The first-order valence-corrected chi connectivity index (χ1v) is 6.91. The lowest BCUT2D eigenvalue weighted by Crippen LogP contribution is -2.60. The third-order valence-electron chi connectivity index (χ3n) is 2.97. The number of aliphatic hydroxyl groups excluding tert-OH is 1. The number of anilines is 2. The molecule has 1 amide bonds. The van der Waals surface area contributed by atoms with Crippen LogP contribution in [0.25, 0.3) is 0 Å². The van der Waals surface area contributed by atoms with Crippen LogP contribution in [0.3, 0.4) is 0 Å². The van der Waals surface area contributed by atoms with Crippen LogP contribution in [-0.2, 0) is 9.53 Å². The molecule has 1 fully saturated rings. The quantitative estimate of drug-likeness (QED) is 0.439. The molecule has 0 spiro atoms. The van der Waals surface area contributed by atoms with Crippen molar-refractivity contribution in [2.75, 3.05) is 35.9 Å². The molecule has 21 heavy (non-hydrogen) atoms. The highest BCUT2D eigenvalue weighted by atomic mass is 35.5. The van der Waals surface area contributed by atoms with Gasteiger partial charge in [-0.05, 0) is 24.3 Å². The average molecular weight is 317 g/mol. The summed E-state index contributed by atoms with van der Waals surface area (Å²) in [6, 6.07) is 6.46. The van der Waals surface area contributed by atoms with Crippen molar-refractivity contribution in [3.8, 4) is 0 Å². The van der Waals surface area contributed by atoms with Crippen LogP contribution >= 0.6 is 11.6 Å². The molecule has 1 heterocycles. The number of nitrogens with zero attached hydrogens (tertiary/aromatic N) is 1. The van der Waals surface area contributed by atoms with E-state index in [1.54, 1.807) is 24.3 Å². The molecule has 1 saturated heterocycles. The van der Waals surface area contributed by atoms with Crippen molar-refractivity contribution in [1.82, 2.24) is 0 Å². The van der Waals surface area contributed by atoms with Gasteiger partial charge in [0.05, 0.1) is 12.0 Å². The van der Waals surface area contributed by atoms with E-state index in [1.807, 2.05) is 0 Å². The molecule has 0 aliphatic carbocycles. The van der Waals surface area contributed by atoms with Gasteiger partial charge in [0.2, 0.25) is 0 Å². The molecule has 1 atom stereocenters. The van der Waals surface area contributed by atoms with Gasteiger partial charge >= 0.3 is 0 Å². The Morgan fingerprint density at radius 3 is 2.62 bits per heavy atom. The lowest BCUT2D eigenvalue weighted by atomic mass is 10.2. The number of carbonyl (C=O) groups excluding carboxylic acids is 1. The molecule has 1 aliphatic rings. The van der Waals surface area contributed by atoms with Crippen LogP contribution in [0, 0.1) is 0 Å². The summed E-state index contributed by atoms with van der Waals surface area (Å²) >= 11 is 5.49. The number of alkyl halides is 1. The highest BCUT2D eigenvalue weighted by Gasteiger charge is 2.41. The predicted octanol–water partition coefficient (Wildman–Crippen LogP) is -0.300. The molecule has 0 saturated carbocycles. The van der Waals surface area contributed by atoms with Crippen LogP contribution in [0.4, 0.5) is 11.4 Å². The summed E-state index contributed by atoms with van der Waals surface area (Å²) in [7, 11) is 0. The van der Waals surface area contributed by atoms with Gasteiger partial charge in [0.25, 0.3) is 11.8 Å². The van der Waals surface area contributed by atoms with Crippen molar-refractivity contribution in [3.05, 3.63) is 24.3 Å². The summed E-state index contributed by atoms with van der Waals surface area (Å²) in [5, 5.41) is 31.9. The van der Waals surface area contributed by atoms with Crippen LogP contribution in [-0.4, -0.2) is 58.9 Å². The minimum Gasteiger partial charge on any atom is -0.390 e. The van der Waals surface area contributed by atoms with Gasteiger partial charge in [0.15, 0.2) is 0 Å². The summed E-state index contributed by atoms with van der Waals surface area (Å²) in [4.78, 5) is 12.6. The number of halogens is 1. The lowest BCUT2D eigenvalue weighted by Gasteiger charge is -2.38. The molecule has 0 aromatic heterocycles. The fourth-order valence-corrected chi connectivity index (χ4v) is 2.08. The zero-order valence-electron chi connectivity index (χ0n) is 11.2. The van der Waals surface area contributed by atoms with Crippen LogP contribution < -0.4 is 10.2 Å². The number of nitrogens with one attached hydrogen (secondary N) is 1. The number of amides is 1. The van der Waals surface area contributed by atoms with Crippen LogP contribution in [0.5, 0.6) is 0 Å². The van der Waals surface area contributed by atoms with Crippen molar-refractivity contribution in [2.45, 2.75) is 12.0 Å². The maximum absolute atomic E-state index is 11.8. The van der Waals surface area contributed by atoms with Gasteiger partial charge < -0.3 is 25.4 Å². The second kappa shape index (κ2) is 6.59. The molecule has 8 heteroatoms. The maximum Gasteiger partial charge on any atom is 0.278 e. The lowest BCUT2D eigenvalue weighted by molar-refractivity contribution is -0.214. The van der Waals surface area contributed by atoms with Crippen molar-refractivity contribution < 1.29 is 24.9 Å². The van der Waals surface area contributed by atoms with Gasteiger partial charge in [-0.25, -0.2) is 0 Å². The normalized spacial score (nSPS) is 19.4. The number of benzene rings is 1. The van der Waals surface area contributed by atoms with E-state index in [-0.39, 0.29) is 19.1 Å². The van der Waals surface area contributed by atoms with Crippen molar-refractivity contribution in [3.63, 3.8) is 0 Å². The molecule has 1 aromatic carbocycles. The predicted molar refractivity (Wildman–Crippen MR) is 77.1 cm³/mol. The van der Waals surface area contributed by atoms with Crippen molar-refractivity contribution in [2.24, 2.45) is 0 Å². The Labute approximate surface area is 126 Å². The monoisotopic (exact) mass is 316 g/mol. The van der Waals surface area contributed by atoms with E-state index in [0.29, 0.717) is 17.9 Å². The first-order chi connectivity index (χ1) is 9.94. The topological polar surface area (TPSA) is 102 Å². The van der Waals surface area contributed by atoms with Crippen LogP contribution in [0.1, 0.15) is 0 Å². The maximum atomic E-state index is 11.8. The molecule has 7 nitrogen and oxygen atoms in total. The Kier molecular flexibility index (Phi) is 5.02. The number of hydrogen-bond donors (Lipinski definition) is 4. The van der Waals surface area contributed by atoms with Gasteiger partial charge in [-0.15, -0.1) is 11.6 Å². The van der Waals surface area contributed by atoms with E-state index in [9.17, 15) is 20.1 Å². The van der Waals surface area contributed by atoms with Gasteiger partial charge in [0, 0.05) is 17.9 Å². The third-order valence-corrected chi connectivity index (χ3v) is 3.33. The summed E-state index contributed by atoms with van der Waals surface area (Å²) < 4.78 is 4.81. The fourth-order valence-electron chi connectivity index (χ4n) is 1.97. The van der Waals surface area contributed by atoms with Gasteiger partial charge in [-0.2, -0.15) is 0 Å². The number of ether oxygens (including phenoxy) is 1. The SMILES string of the molecule is O=C1COCC(O)(O)N1c1ccc(NCC(O)CCl)cc1. The Bertz CT molecular complexity index is 494.